The lowest BCUT2D eigenvalue weighted by molar-refractivity contribution is -0.136. The number of rotatable bonds is 4. The number of aryl methyl sites for hydroxylation is 1. The molecule has 1 spiro atoms. The fraction of sp³-hybridized carbons (Fsp3) is 0.464. The molecule has 0 atom stereocenters. The Morgan fingerprint density at radius 1 is 1.24 bits per heavy atom. The molecular formula is C28H33N5O3S. The summed E-state index contributed by atoms with van der Waals surface area (Å²) in [6.45, 7) is 12.8. The summed E-state index contributed by atoms with van der Waals surface area (Å²) in [7, 11) is -3.91. The minimum Gasteiger partial charge on any atom is -0.355 e. The Morgan fingerprint density at radius 3 is 2.62 bits per heavy atom. The van der Waals surface area contributed by atoms with E-state index in [0.29, 0.717) is 36.6 Å². The van der Waals surface area contributed by atoms with E-state index in [1.54, 1.807) is 17.0 Å². The molecule has 1 aromatic heterocycles. The van der Waals surface area contributed by atoms with Gasteiger partial charge < -0.3 is 9.80 Å². The van der Waals surface area contributed by atoms with Crippen molar-refractivity contribution in [3.63, 3.8) is 0 Å². The Labute approximate surface area is 218 Å². The van der Waals surface area contributed by atoms with Crippen molar-refractivity contribution in [2.75, 3.05) is 31.1 Å². The quantitative estimate of drug-likeness (QED) is 0.619. The molecule has 1 aromatic carbocycles. The number of hydrogen-bond donors (Lipinski definition) is 1. The molecule has 3 aliphatic rings. The van der Waals surface area contributed by atoms with E-state index in [4.69, 9.17) is 10.1 Å². The highest BCUT2D eigenvalue weighted by molar-refractivity contribution is 7.89. The number of nitrogens with two attached hydrogens (primary N) is 1. The summed E-state index contributed by atoms with van der Waals surface area (Å²) < 4.78 is 24.4. The summed E-state index contributed by atoms with van der Waals surface area (Å²) in [6.07, 6.45) is 4.76. The number of carbonyl (C=O) groups excluding carboxylic acids is 1. The maximum absolute atomic E-state index is 12.2. The van der Waals surface area contributed by atoms with Gasteiger partial charge in [-0.3, -0.25) is 4.79 Å². The van der Waals surface area contributed by atoms with Gasteiger partial charge in [-0.2, -0.15) is 5.26 Å². The van der Waals surface area contributed by atoms with E-state index < -0.39 is 10.0 Å². The van der Waals surface area contributed by atoms with Gasteiger partial charge in [-0.05, 0) is 72.9 Å². The summed E-state index contributed by atoms with van der Waals surface area (Å²) in [4.78, 5) is 21.1. The van der Waals surface area contributed by atoms with Crippen LogP contribution in [0, 0.1) is 29.1 Å². The lowest BCUT2D eigenvalue weighted by Crippen LogP contribution is -2.59. The molecule has 3 heterocycles. The molecule has 5 rings (SSSR count). The first-order valence-electron chi connectivity index (χ1n) is 12.6. The van der Waals surface area contributed by atoms with E-state index >= 15 is 0 Å². The minimum atomic E-state index is -3.91. The molecule has 0 radical (unpaired) electrons. The van der Waals surface area contributed by atoms with Crippen LogP contribution in [0.15, 0.2) is 35.7 Å². The number of pyridine rings is 1. The van der Waals surface area contributed by atoms with E-state index in [-0.39, 0.29) is 21.6 Å². The van der Waals surface area contributed by atoms with E-state index in [1.165, 1.54) is 12.1 Å². The van der Waals surface area contributed by atoms with Gasteiger partial charge in [0, 0.05) is 42.9 Å². The van der Waals surface area contributed by atoms with Crippen molar-refractivity contribution in [2.24, 2.45) is 16.0 Å². The number of fused-ring (bicyclic) bond motifs is 1. The second-order valence-corrected chi connectivity index (χ2v) is 13.2. The van der Waals surface area contributed by atoms with Crippen LogP contribution < -0.4 is 10.0 Å². The molecule has 2 fully saturated rings. The SMILES string of the molecule is C=CC(=O)N1CC2(CCN(c3nc4c(c(-c5cc(S(N)(=O)=O)ccc5C)c3C#N)CCC(C)(C)C4)C2)C1. The van der Waals surface area contributed by atoms with Gasteiger partial charge in [-0.25, -0.2) is 18.5 Å². The maximum atomic E-state index is 12.2. The number of amides is 1. The number of anilines is 1. The number of likely N-dealkylation sites (tertiary alicyclic amines) is 1. The maximum Gasteiger partial charge on any atom is 0.245 e. The molecule has 2 aliphatic heterocycles. The first-order chi connectivity index (χ1) is 17.4. The number of benzene rings is 1. The molecule has 1 amide bonds. The molecule has 0 saturated carbocycles. The normalized spacial score (nSPS) is 19.8. The van der Waals surface area contributed by atoms with Crippen LogP contribution in [0.2, 0.25) is 0 Å². The molecule has 9 heteroatoms. The highest BCUT2D eigenvalue weighted by Gasteiger charge is 2.49. The zero-order valence-corrected chi connectivity index (χ0v) is 22.5. The lowest BCUT2D eigenvalue weighted by atomic mass is 9.74. The molecule has 0 bridgehead atoms. The highest BCUT2D eigenvalue weighted by Crippen LogP contribution is 2.46. The highest BCUT2D eigenvalue weighted by atomic mass is 32.2. The number of aromatic nitrogens is 1. The topological polar surface area (TPSA) is 120 Å². The monoisotopic (exact) mass is 519 g/mol. The Hall–Kier alpha value is -3.22. The summed E-state index contributed by atoms with van der Waals surface area (Å²) in [5.74, 6) is 0.600. The third-order valence-corrected chi connectivity index (χ3v) is 9.17. The van der Waals surface area contributed by atoms with Crippen molar-refractivity contribution < 1.29 is 13.2 Å². The van der Waals surface area contributed by atoms with Crippen LogP contribution in [0.1, 0.15) is 49.1 Å². The summed E-state index contributed by atoms with van der Waals surface area (Å²) >= 11 is 0. The fourth-order valence-corrected chi connectivity index (χ4v) is 6.72. The molecule has 0 unspecified atom stereocenters. The van der Waals surface area contributed by atoms with Gasteiger partial charge in [0.05, 0.1) is 4.90 Å². The van der Waals surface area contributed by atoms with Gasteiger partial charge in [-0.1, -0.05) is 26.5 Å². The molecule has 8 nitrogen and oxygen atoms in total. The molecular weight excluding hydrogens is 486 g/mol. The van der Waals surface area contributed by atoms with Crippen LogP contribution in [0.5, 0.6) is 0 Å². The molecule has 1 aliphatic carbocycles. The van der Waals surface area contributed by atoms with Crippen molar-refractivity contribution in [3.05, 3.63) is 53.2 Å². The zero-order chi connectivity index (χ0) is 26.8. The number of sulfonamides is 1. The summed E-state index contributed by atoms with van der Waals surface area (Å²) in [6, 6.07) is 7.29. The largest absolute Gasteiger partial charge is 0.355 e. The lowest BCUT2D eigenvalue weighted by Gasteiger charge is -2.47. The molecule has 37 heavy (non-hydrogen) atoms. The van der Waals surface area contributed by atoms with Crippen molar-refractivity contribution in [1.82, 2.24) is 9.88 Å². The Bertz CT molecular complexity index is 1470. The fourth-order valence-electron chi connectivity index (χ4n) is 6.18. The molecule has 194 valence electrons. The predicted molar refractivity (Wildman–Crippen MR) is 142 cm³/mol. The van der Waals surface area contributed by atoms with Gasteiger partial charge in [0.2, 0.25) is 15.9 Å². The van der Waals surface area contributed by atoms with Crippen LogP contribution in [0.25, 0.3) is 11.1 Å². The first kappa shape index (κ1) is 25.4. The van der Waals surface area contributed by atoms with Crippen molar-refractivity contribution in [3.8, 4) is 17.2 Å². The standard InChI is InChI=1S/C28H33N5O3S/c1-5-24(34)33-16-28(17-33)10-11-32(15-28)26-22(14-29)25(20-8-9-27(3,4)13-23(20)31-26)21-12-19(37(30,35)36)7-6-18(21)2/h5-7,12H,1,8-11,13,15-17H2,2-4H3,(H2,30,35,36). The van der Waals surface area contributed by atoms with Crippen molar-refractivity contribution >= 4 is 21.7 Å². The van der Waals surface area contributed by atoms with E-state index in [0.717, 1.165) is 54.6 Å². The number of hydrogen-bond acceptors (Lipinski definition) is 6. The van der Waals surface area contributed by atoms with E-state index in [2.05, 4.69) is 31.4 Å². The van der Waals surface area contributed by atoms with Crippen LogP contribution in [-0.2, 0) is 27.7 Å². The smallest absolute Gasteiger partial charge is 0.245 e. The van der Waals surface area contributed by atoms with Crippen molar-refractivity contribution in [1.29, 1.82) is 5.26 Å². The van der Waals surface area contributed by atoms with Crippen LogP contribution in [0.3, 0.4) is 0 Å². The number of primary sulfonamides is 1. The number of nitriles is 1. The third kappa shape index (κ3) is 4.42. The second-order valence-electron chi connectivity index (χ2n) is 11.7. The predicted octanol–water partition coefficient (Wildman–Crippen LogP) is 3.32. The summed E-state index contributed by atoms with van der Waals surface area (Å²) in [5.41, 5.74) is 4.90. The average molecular weight is 520 g/mol. The summed E-state index contributed by atoms with van der Waals surface area (Å²) in [5, 5.41) is 15.9. The Morgan fingerprint density at radius 2 is 1.97 bits per heavy atom. The minimum absolute atomic E-state index is 0.00806. The molecule has 2 saturated heterocycles. The zero-order valence-electron chi connectivity index (χ0n) is 21.7. The molecule has 2 N–H and O–H groups in total. The van der Waals surface area contributed by atoms with Crippen molar-refractivity contribution in [2.45, 2.75) is 51.3 Å². The van der Waals surface area contributed by atoms with Crippen LogP contribution >= 0.6 is 0 Å². The number of carbonyl (C=O) groups is 1. The first-order valence-corrected chi connectivity index (χ1v) is 14.2. The van der Waals surface area contributed by atoms with Gasteiger partial charge in [0.15, 0.2) is 0 Å². The van der Waals surface area contributed by atoms with Crippen LogP contribution in [0.4, 0.5) is 5.82 Å². The van der Waals surface area contributed by atoms with Gasteiger partial charge in [-0.15, -0.1) is 0 Å². The third-order valence-electron chi connectivity index (χ3n) is 8.26. The van der Waals surface area contributed by atoms with Gasteiger partial charge >= 0.3 is 0 Å². The van der Waals surface area contributed by atoms with E-state index in [1.807, 2.05) is 6.92 Å². The second kappa shape index (κ2) is 8.67. The van der Waals surface area contributed by atoms with Crippen LogP contribution in [-0.4, -0.2) is 50.4 Å². The Balaban J connectivity index is 1.64. The van der Waals surface area contributed by atoms with Gasteiger partial charge in [0.1, 0.15) is 17.5 Å². The molecule has 2 aromatic rings. The van der Waals surface area contributed by atoms with Gasteiger partial charge in [0.25, 0.3) is 0 Å². The van der Waals surface area contributed by atoms with E-state index in [9.17, 15) is 18.5 Å². The number of nitrogens with zero attached hydrogens (tertiary/aromatic N) is 4. The Kier molecular flexibility index (Phi) is 5.96. The average Bonchev–Trinajstić information content (AvgIpc) is 3.26.